The van der Waals surface area contributed by atoms with Crippen LogP contribution in [-0.4, -0.2) is 5.97 Å². The monoisotopic (exact) mass is 440 g/mol. The molecule has 3 nitrogen and oxygen atoms in total. The summed E-state index contributed by atoms with van der Waals surface area (Å²) in [7, 11) is 0. The molecule has 3 aromatic rings. The summed E-state index contributed by atoms with van der Waals surface area (Å²) in [5.74, 6) is 1.18. The Labute approximate surface area is 197 Å². The van der Waals surface area contributed by atoms with Gasteiger partial charge in [0.15, 0.2) is 0 Å². The highest BCUT2D eigenvalue weighted by molar-refractivity contribution is 5.87. The minimum absolute atomic E-state index is 0.349. The summed E-state index contributed by atoms with van der Waals surface area (Å²) in [5.41, 5.74) is 7.83. The van der Waals surface area contributed by atoms with Gasteiger partial charge in [0.2, 0.25) is 0 Å². The van der Waals surface area contributed by atoms with E-state index in [-0.39, 0.29) is 0 Å². The second-order valence-electron chi connectivity index (χ2n) is 8.18. The molecule has 170 valence electrons. The van der Waals surface area contributed by atoms with E-state index in [1.165, 1.54) is 27.8 Å². The Morgan fingerprint density at radius 3 is 1.94 bits per heavy atom. The highest BCUT2D eigenvalue weighted by Gasteiger charge is 2.10. The zero-order chi connectivity index (χ0) is 24.0. The predicted octanol–water partition coefficient (Wildman–Crippen LogP) is 7.89. The van der Waals surface area contributed by atoms with Gasteiger partial charge in [0.1, 0.15) is 17.3 Å². The van der Waals surface area contributed by atoms with E-state index in [0.29, 0.717) is 22.8 Å². The third kappa shape index (κ3) is 6.01. The number of carbonyl (C=O) groups excluding carboxylic acids is 1. The maximum atomic E-state index is 11.7. The molecular weight excluding hydrogens is 408 g/mol. The summed E-state index contributed by atoms with van der Waals surface area (Å²) in [5, 5.41) is 0. The second kappa shape index (κ2) is 10.8. The first kappa shape index (κ1) is 24.1. The number of ether oxygens (including phenoxy) is 2. The number of rotatable bonds is 8. The number of esters is 1. The maximum Gasteiger partial charge on any atom is 0.338 e. The van der Waals surface area contributed by atoms with E-state index in [4.69, 9.17) is 9.47 Å². The van der Waals surface area contributed by atoms with Crippen molar-refractivity contribution in [3.8, 4) is 28.0 Å². The van der Waals surface area contributed by atoms with Crippen molar-refractivity contribution in [1.29, 1.82) is 0 Å². The van der Waals surface area contributed by atoms with Crippen molar-refractivity contribution in [2.75, 3.05) is 0 Å². The van der Waals surface area contributed by atoms with Crippen molar-refractivity contribution < 1.29 is 14.3 Å². The van der Waals surface area contributed by atoms with Crippen LogP contribution in [0, 0.1) is 0 Å². The van der Waals surface area contributed by atoms with E-state index >= 15 is 0 Å². The van der Waals surface area contributed by atoms with E-state index < -0.39 is 5.97 Å². The summed E-state index contributed by atoms with van der Waals surface area (Å²) in [6.45, 7) is 13.0. The van der Waals surface area contributed by atoms with Gasteiger partial charge in [-0.3, -0.25) is 0 Å². The Morgan fingerprint density at radius 2 is 1.36 bits per heavy atom. The van der Waals surface area contributed by atoms with Gasteiger partial charge >= 0.3 is 5.97 Å². The molecule has 33 heavy (non-hydrogen) atoms. The van der Waals surface area contributed by atoms with Crippen molar-refractivity contribution in [3.63, 3.8) is 0 Å². The molecule has 0 aliphatic rings. The topological polar surface area (TPSA) is 35.5 Å². The summed E-state index contributed by atoms with van der Waals surface area (Å²) in [4.78, 5) is 11.7. The summed E-state index contributed by atoms with van der Waals surface area (Å²) in [6.07, 6.45) is 2.00. The van der Waals surface area contributed by atoms with Crippen LogP contribution in [0.3, 0.4) is 0 Å². The van der Waals surface area contributed by atoms with Gasteiger partial charge in [0, 0.05) is 5.57 Å². The molecule has 0 spiro atoms. The molecule has 0 unspecified atom stereocenters. The quantitative estimate of drug-likeness (QED) is 0.203. The average molecular weight is 441 g/mol. The molecule has 0 aliphatic carbocycles. The number of benzene rings is 3. The lowest BCUT2D eigenvalue weighted by molar-refractivity contribution is -0.135. The minimum Gasteiger partial charge on any atom is -0.459 e. The lowest BCUT2D eigenvalue weighted by Crippen LogP contribution is -2.06. The van der Waals surface area contributed by atoms with Gasteiger partial charge in [-0.25, -0.2) is 4.79 Å². The summed E-state index contributed by atoms with van der Waals surface area (Å²) < 4.78 is 11.1. The number of carbonyl (C=O) groups is 1. The third-order valence-corrected chi connectivity index (χ3v) is 5.71. The van der Waals surface area contributed by atoms with Crippen LogP contribution in [0.4, 0.5) is 0 Å². The fraction of sp³-hybridized carbons (Fsp3) is 0.233. The first-order chi connectivity index (χ1) is 15.8. The van der Waals surface area contributed by atoms with E-state index in [0.717, 1.165) is 18.4 Å². The Balaban J connectivity index is 1.79. The minimum atomic E-state index is -0.456. The van der Waals surface area contributed by atoms with Crippen LogP contribution in [-0.2, 0) is 22.4 Å². The molecule has 0 bridgehead atoms. The van der Waals surface area contributed by atoms with Gasteiger partial charge in [0.05, 0.1) is 0 Å². The molecule has 0 fully saturated rings. The van der Waals surface area contributed by atoms with Crippen LogP contribution in [0.2, 0.25) is 0 Å². The molecule has 0 heterocycles. The SMILES string of the molecule is C=C(C)C(=O)O/C(C)=C(\C)Oc1ccc(-c2ccc(-c3ccc(CC)cc3)cc2CC)cc1. The number of hydrogen-bond acceptors (Lipinski definition) is 3. The lowest BCUT2D eigenvalue weighted by Gasteiger charge is -2.13. The fourth-order valence-electron chi connectivity index (χ4n) is 3.53. The summed E-state index contributed by atoms with van der Waals surface area (Å²) >= 11 is 0. The third-order valence-electron chi connectivity index (χ3n) is 5.71. The van der Waals surface area contributed by atoms with Gasteiger partial charge in [-0.05, 0) is 79.1 Å². The van der Waals surface area contributed by atoms with Crippen LogP contribution in [0.15, 0.2) is 90.4 Å². The van der Waals surface area contributed by atoms with E-state index in [2.05, 4.69) is 75.0 Å². The van der Waals surface area contributed by atoms with Crippen LogP contribution in [0.5, 0.6) is 5.75 Å². The number of aryl methyl sites for hydroxylation is 2. The van der Waals surface area contributed by atoms with Crippen molar-refractivity contribution in [3.05, 3.63) is 102 Å². The second-order valence-corrected chi connectivity index (χ2v) is 8.18. The molecule has 0 atom stereocenters. The standard InChI is InChI=1S/C30H32O3/c1-7-23-9-11-25(12-10-23)27-15-18-29(24(8-2)19-27)26-13-16-28(17-14-26)32-21(5)22(6)33-30(31)20(3)4/h9-19H,3,7-8H2,1-2,4-6H3/b22-21+. The molecule has 0 saturated heterocycles. The average Bonchev–Trinajstić information content (AvgIpc) is 2.84. The molecule has 0 radical (unpaired) electrons. The first-order valence-corrected chi connectivity index (χ1v) is 11.4. The van der Waals surface area contributed by atoms with Crippen molar-refractivity contribution >= 4 is 5.97 Å². The number of hydrogen-bond donors (Lipinski definition) is 0. The highest BCUT2D eigenvalue weighted by Crippen LogP contribution is 2.31. The van der Waals surface area contributed by atoms with E-state index in [9.17, 15) is 4.79 Å². The zero-order valence-corrected chi connectivity index (χ0v) is 20.2. The Hall–Kier alpha value is -3.59. The molecule has 0 N–H and O–H groups in total. The van der Waals surface area contributed by atoms with E-state index in [1.807, 2.05) is 12.1 Å². The molecule has 0 amide bonds. The predicted molar refractivity (Wildman–Crippen MR) is 136 cm³/mol. The summed E-state index contributed by atoms with van der Waals surface area (Å²) in [6, 6.07) is 23.5. The molecule has 3 aromatic carbocycles. The fourth-order valence-corrected chi connectivity index (χ4v) is 3.53. The zero-order valence-electron chi connectivity index (χ0n) is 20.2. The Kier molecular flexibility index (Phi) is 7.89. The Bertz CT molecular complexity index is 1170. The molecule has 0 aromatic heterocycles. The lowest BCUT2D eigenvalue weighted by atomic mass is 9.93. The molecule has 3 heteroatoms. The molecule has 0 aliphatic heterocycles. The van der Waals surface area contributed by atoms with Gasteiger partial charge in [0.25, 0.3) is 0 Å². The van der Waals surface area contributed by atoms with Gasteiger partial charge in [-0.2, -0.15) is 0 Å². The molecule has 0 saturated carbocycles. The van der Waals surface area contributed by atoms with Crippen molar-refractivity contribution in [1.82, 2.24) is 0 Å². The first-order valence-electron chi connectivity index (χ1n) is 11.4. The van der Waals surface area contributed by atoms with Gasteiger partial charge in [-0.15, -0.1) is 0 Å². The maximum absolute atomic E-state index is 11.7. The van der Waals surface area contributed by atoms with Crippen LogP contribution < -0.4 is 4.74 Å². The van der Waals surface area contributed by atoms with Crippen LogP contribution in [0.1, 0.15) is 45.7 Å². The van der Waals surface area contributed by atoms with E-state index in [1.54, 1.807) is 20.8 Å². The normalized spacial score (nSPS) is 11.5. The van der Waals surface area contributed by atoms with Crippen molar-refractivity contribution in [2.45, 2.75) is 47.5 Å². The Morgan fingerprint density at radius 1 is 0.758 bits per heavy atom. The van der Waals surface area contributed by atoms with Crippen LogP contribution in [0.25, 0.3) is 22.3 Å². The number of allylic oxidation sites excluding steroid dienone is 2. The van der Waals surface area contributed by atoms with Crippen LogP contribution >= 0.6 is 0 Å². The highest BCUT2D eigenvalue weighted by atomic mass is 16.6. The van der Waals surface area contributed by atoms with Crippen molar-refractivity contribution in [2.24, 2.45) is 0 Å². The van der Waals surface area contributed by atoms with Gasteiger partial charge in [-0.1, -0.05) is 75.0 Å². The smallest absolute Gasteiger partial charge is 0.338 e. The molecule has 3 rings (SSSR count). The molecular formula is C30H32O3. The van der Waals surface area contributed by atoms with Gasteiger partial charge < -0.3 is 9.47 Å². The largest absolute Gasteiger partial charge is 0.459 e.